The normalized spacial score (nSPS) is 10.4. The van der Waals surface area contributed by atoms with E-state index in [-0.39, 0.29) is 17.5 Å². The molecule has 2 amide bonds. The third kappa shape index (κ3) is 4.76. The highest BCUT2D eigenvalue weighted by Crippen LogP contribution is 2.12. The van der Waals surface area contributed by atoms with Gasteiger partial charge in [-0.1, -0.05) is 0 Å². The first kappa shape index (κ1) is 19.2. The van der Waals surface area contributed by atoms with Gasteiger partial charge in [-0.15, -0.1) is 0 Å². The minimum absolute atomic E-state index is 0.196. The van der Waals surface area contributed by atoms with E-state index in [1.807, 2.05) is 39.8 Å². The molecule has 0 saturated heterocycles. The van der Waals surface area contributed by atoms with Gasteiger partial charge in [-0.25, -0.2) is 9.97 Å². The van der Waals surface area contributed by atoms with Gasteiger partial charge in [0.2, 0.25) is 0 Å². The van der Waals surface area contributed by atoms with Crippen molar-refractivity contribution >= 4 is 23.5 Å². The zero-order valence-corrected chi connectivity index (χ0v) is 16.2. The van der Waals surface area contributed by atoms with Gasteiger partial charge in [-0.3, -0.25) is 14.6 Å². The van der Waals surface area contributed by atoms with E-state index < -0.39 is 0 Å². The van der Waals surface area contributed by atoms with E-state index in [1.54, 1.807) is 18.2 Å². The maximum atomic E-state index is 12.4. The Morgan fingerprint density at radius 3 is 1.75 bits per heavy atom. The van der Waals surface area contributed by atoms with Crippen LogP contribution in [0.3, 0.4) is 0 Å². The molecule has 0 aliphatic carbocycles. The molecule has 0 spiro atoms. The van der Waals surface area contributed by atoms with E-state index in [1.165, 1.54) is 12.3 Å². The Hall–Kier alpha value is -3.61. The Morgan fingerprint density at radius 1 is 0.750 bits per heavy atom. The lowest BCUT2D eigenvalue weighted by atomic mass is 10.2. The molecule has 142 valence electrons. The van der Waals surface area contributed by atoms with Crippen molar-refractivity contribution in [3.63, 3.8) is 0 Å². The Labute approximate surface area is 163 Å². The standard InChI is InChI=1S/C21H21N5O2/c1-12-7-14(3)23-18(9-12)25-20(27)16-5-6-17(22-11-16)21(28)26-19-10-13(2)8-15(4)24-19/h5-11H,1-4H3,(H,23,25,27)(H,24,26,28). The van der Waals surface area contributed by atoms with E-state index in [9.17, 15) is 9.59 Å². The molecule has 3 heterocycles. The van der Waals surface area contributed by atoms with Crippen molar-refractivity contribution in [3.8, 4) is 0 Å². The third-order valence-electron chi connectivity index (χ3n) is 3.94. The lowest BCUT2D eigenvalue weighted by Gasteiger charge is -2.08. The number of aromatic nitrogens is 3. The van der Waals surface area contributed by atoms with Crippen molar-refractivity contribution < 1.29 is 9.59 Å². The van der Waals surface area contributed by atoms with Crippen LogP contribution in [0.2, 0.25) is 0 Å². The van der Waals surface area contributed by atoms with Gasteiger partial charge < -0.3 is 10.6 Å². The second-order valence-electron chi connectivity index (χ2n) is 6.68. The van der Waals surface area contributed by atoms with Gasteiger partial charge >= 0.3 is 0 Å². The van der Waals surface area contributed by atoms with Crippen LogP contribution in [0, 0.1) is 27.7 Å². The second kappa shape index (κ2) is 7.96. The topological polar surface area (TPSA) is 96.9 Å². The summed E-state index contributed by atoms with van der Waals surface area (Å²) >= 11 is 0. The van der Waals surface area contributed by atoms with Crippen LogP contribution >= 0.6 is 0 Å². The zero-order valence-electron chi connectivity index (χ0n) is 16.2. The highest BCUT2D eigenvalue weighted by molar-refractivity contribution is 6.05. The molecule has 0 unspecified atom stereocenters. The fourth-order valence-electron chi connectivity index (χ4n) is 2.84. The molecule has 3 aromatic rings. The predicted octanol–water partition coefficient (Wildman–Crippen LogP) is 3.61. The first-order valence-electron chi connectivity index (χ1n) is 8.79. The van der Waals surface area contributed by atoms with Crippen molar-refractivity contribution in [1.82, 2.24) is 15.0 Å². The maximum Gasteiger partial charge on any atom is 0.275 e. The van der Waals surface area contributed by atoms with Crippen molar-refractivity contribution in [2.75, 3.05) is 10.6 Å². The summed E-state index contributed by atoms with van der Waals surface area (Å²) in [5.41, 5.74) is 4.18. The van der Waals surface area contributed by atoms with Crippen LogP contribution in [0.1, 0.15) is 43.4 Å². The van der Waals surface area contributed by atoms with Gasteiger partial charge in [0, 0.05) is 17.6 Å². The van der Waals surface area contributed by atoms with Crippen molar-refractivity contribution in [1.29, 1.82) is 0 Å². The molecule has 3 rings (SSSR count). The van der Waals surface area contributed by atoms with Crippen LogP contribution in [0.15, 0.2) is 42.6 Å². The molecule has 0 aliphatic rings. The van der Waals surface area contributed by atoms with Crippen molar-refractivity contribution in [3.05, 3.63) is 76.4 Å². The Kier molecular flexibility index (Phi) is 5.44. The lowest BCUT2D eigenvalue weighted by Crippen LogP contribution is -2.17. The van der Waals surface area contributed by atoms with Crippen molar-refractivity contribution in [2.24, 2.45) is 0 Å². The van der Waals surface area contributed by atoms with Crippen molar-refractivity contribution in [2.45, 2.75) is 27.7 Å². The SMILES string of the molecule is Cc1cc(C)nc(NC(=O)c2ccc(C(=O)Nc3cc(C)cc(C)n3)nc2)c1. The summed E-state index contributed by atoms with van der Waals surface area (Å²) in [4.78, 5) is 37.4. The van der Waals surface area contributed by atoms with Gasteiger partial charge in [0.1, 0.15) is 17.3 Å². The number of hydrogen-bond acceptors (Lipinski definition) is 5. The smallest absolute Gasteiger partial charge is 0.275 e. The van der Waals surface area contributed by atoms with E-state index >= 15 is 0 Å². The quantitative estimate of drug-likeness (QED) is 0.726. The predicted molar refractivity (Wildman–Crippen MR) is 108 cm³/mol. The third-order valence-corrected chi connectivity index (χ3v) is 3.94. The number of anilines is 2. The monoisotopic (exact) mass is 375 g/mol. The van der Waals surface area contributed by atoms with Crippen LogP contribution in [0.5, 0.6) is 0 Å². The Bertz CT molecular complexity index is 920. The van der Waals surface area contributed by atoms with Crippen LogP contribution in [-0.2, 0) is 0 Å². The summed E-state index contributed by atoms with van der Waals surface area (Å²) < 4.78 is 0. The van der Waals surface area contributed by atoms with E-state index in [0.29, 0.717) is 17.2 Å². The lowest BCUT2D eigenvalue weighted by molar-refractivity contribution is 0.101. The fourth-order valence-corrected chi connectivity index (χ4v) is 2.84. The number of hydrogen-bond donors (Lipinski definition) is 2. The number of nitrogens with zero attached hydrogens (tertiary/aromatic N) is 3. The Morgan fingerprint density at radius 2 is 1.29 bits per heavy atom. The minimum Gasteiger partial charge on any atom is -0.306 e. The van der Waals surface area contributed by atoms with Crippen LogP contribution in [0.25, 0.3) is 0 Å². The summed E-state index contributed by atoms with van der Waals surface area (Å²) in [7, 11) is 0. The summed E-state index contributed by atoms with van der Waals surface area (Å²) in [6.07, 6.45) is 1.36. The largest absolute Gasteiger partial charge is 0.306 e. The van der Waals surface area contributed by atoms with Gasteiger partial charge in [0.15, 0.2) is 0 Å². The molecule has 0 atom stereocenters. The number of rotatable bonds is 4. The number of nitrogens with one attached hydrogen (secondary N) is 2. The van der Waals surface area contributed by atoms with E-state index in [2.05, 4.69) is 25.6 Å². The van der Waals surface area contributed by atoms with E-state index in [0.717, 1.165) is 22.5 Å². The van der Waals surface area contributed by atoms with Gasteiger partial charge in [0.25, 0.3) is 11.8 Å². The zero-order chi connectivity index (χ0) is 20.3. The summed E-state index contributed by atoms with van der Waals surface area (Å²) in [5, 5.41) is 5.46. The van der Waals surface area contributed by atoms with Crippen LogP contribution < -0.4 is 10.6 Å². The maximum absolute atomic E-state index is 12.4. The first-order chi connectivity index (χ1) is 13.3. The van der Waals surface area contributed by atoms with Gasteiger partial charge in [-0.05, 0) is 75.2 Å². The summed E-state index contributed by atoms with van der Waals surface area (Å²) in [6.45, 7) is 7.59. The molecule has 0 radical (unpaired) electrons. The number of carbonyl (C=O) groups is 2. The van der Waals surface area contributed by atoms with Gasteiger partial charge in [-0.2, -0.15) is 0 Å². The molecular formula is C21H21N5O2. The molecule has 0 aliphatic heterocycles. The molecule has 2 N–H and O–H groups in total. The first-order valence-corrected chi connectivity index (χ1v) is 8.79. The number of aryl methyl sites for hydroxylation is 4. The number of amides is 2. The van der Waals surface area contributed by atoms with Gasteiger partial charge in [0.05, 0.1) is 5.56 Å². The van der Waals surface area contributed by atoms with E-state index in [4.69, 9.17) is 0 Å². The molecule has 0 aromatic carbocycles. The summed E-state index contributed by atoms with van der Waals surface area (Å²) in [5.74, 6) is 0.214. The van der Waals surface area contributed by atoms with Crippen LogP contribution in [-0.4, -0.2) is 26.8 Å². The second-order valence-corrected chi connectivity index (χ2v) is 6.68. The average molecular weight is 375 g/mol. The molecule has 28 heavy (non-hydrogen) atoms. The molecule has 7 nitrogen and oxygen atoms in total. The van der Waals surface area contributed by atoms with Crippen LogP contribution in [0.4, 0.5) is 11.6 Å². The summed E-state index contributed by atoms with van der Waals surface area (Å²) in [6, 6.07) is 10.5. The molecule has 7 heteroatoms. The molecular weight excluding hydrogens is 354 g/mol. The highest BCUT2D eigenvalue weighted by atomic mass is 16.2. The number of carbonyl (C=O) groups excluding carboxylic acids is 2. The Balaban J connectivity index is 1.69. The molecule has 3 aromatic heterocycles. The molecule has 0 fully saturated rings. The minimum atomic E-state index is -0.388. The fraction of sp³-hybridized carbons (Fsp3) is 0.190. The highest BCUT2D eigenvalue weighted by Gasteiger charge is 2.12. The number of pyridine rings is 3. The molecule has 0 saturated carbocycles. The average Bonchev–Trinajstić information content (AvgIpc) is 2.60. The molecule has 0 bridgehead atoms.